The topological polar surface area (TPSA) is 47.7 Å². The molecule has 0 amide bonds. The van der Waals surface area contributed by atoms with E-state index in [1.165, 1.54) is 18.5 Å². The Bertz CT molecular complexity index is 450. The van der Waals surface area contributed by atoms with Crippen LogP contribution in [0.25, 0.3) is 0 Å². The maximum absolute atomic E-state index is 6.02. The summed E-state index contributed by atoms with van der Waals surface area (Å²) in [7, 11) is 2.18. The molecule has 2 aliphatic heterocycles. The zero-order chi connectivity index (χ0) is 13.2. The van der Waals surface area contributed by atoms with Crippen molar-refractivity contribution in [1.29, 1.82) is 0 Å². The molecule has 2 heterocycles. The number of ether oxygens (including phenoxy) is 2. The summed E-state index contributed by atoms with van der Waals surface area (Å²) in [4.78, 5) is 2.38. The summed E-state index contributed by atoms with van der Waals surface area (Å²) in [6.45, 7) is 4.27. The predicted molar refractivity (Wildman–Crippen MR) is 74.8 cm³/mol. The zero-order valence-corrected chi connectivity index (χ0v) is 11.5. The first kappa shape index (κ1) is 12.8. The molecule has 2 N–H and O–H groups in total. The Morgan fingerprint density at radius 1 is 1.32 bits per heavy atom. The number of benzene rings is 1. The molecule has 1 aromatic carbocycles. The molecule has 4 nitrogen and oxygen atoms in total. The quantitative estimate of drug-likeness (QED) is 0.895. The third kappa shape index (κ3) is 2.55. The lowest BCUT2D eigenvalue weighted by Gasteiger charge is -2.25. The number of rotatable bonds is 3. The van der Waals surface area contributed by atoms with E-state index in [9.17, 15) is 0 Å². The van der Waals surface area contributed by atoms with E-state index < -0.39 is 0 Å². The van der Waals surface area contributed by atoms with Crippen LogP contribution in [0.5, 0.6) is 11.5 Å². The number of likely N-dealkylation sites (tertiary alicyclic amines) is 1. The standard InChI is InChI=1S/C15H22N2O2/c1-17-5-4-12(10-17)13(9-16)11-2-3-14-15(8-11)19-7-6-18-14/h2-3,8,12-13H,4-7,9-10,16H2,1H3. The second-order valence-electron chi connectivity index (χ2n) is 5.56. The molecule has 2 unspecified atom stereocenters. The summed E-state index contributed by atoms with van der Waals surface area (Å²) in [6, 6.07) is 6.28. The molecule has 0 aliphatic carbocycles. The third-order valence-corrected chi connectivity index (χ3v) is 4.25. The van der Waals surface area contributed by atoms with Gasteiger partial charge < -0.3 is 20.1 Å². The van der Waals surface area contributed by atoms with Crippen LogP contribution in [0, 0.1) is 5.92 Å². The van der Waals surface area contributed by atoms with Gasteiger partial charge in [-0.15, -0.1) is 0 Å². The normalized spacial score (nSPS) is 24.4. The molecule has 1 saturated heterocycles. The van der Waals surface area contributed by atoms with E-state index >= 15 is 0 Å². The summed E-state index contributed by atoms with van der Waals surface area (Å²) in [5.41, 5.74) is 7.30. The molecule has 2 aliphatic rings. The number of hydrogen-bond donors (Lipinski definition) is 1. The minimum absolute atomic E-state index is 0.417. The summed E-state index contributed by atoms with van der Waals surface area (Å²) in [6.07, 6.45) is 1.23. The monoisotopic (exact) mass is 262 g/mol. The van der Waals surface area contributed by atoms with E-state index in [1.54, 1.807) is 0 Å². The first-order chi connectivity index (χ1) is 9.28. The molecule has 0 spiro atoms. The second-order valence-corrected chi connectivity index (χ2v) is 5.56. The van der Waals surface area contributed by atoms with Crippen molar-refractivity contribution in [3.63, 3.8) is 0 Å². The molecule has 4 heteroatoms. The fraction of sp³-hybridized carbons (Fsp3) is 0.600. The average Bonchev–Trinajstić information content (AvgIpc) is 2.86. The molecule has 1 aromatic rings. The minimum atomic E-state index is 0.417. The van der Waals surface area contributed by atoms with Crippen LogP contribution in [-0.4, -0.2) is 44.8 Å². The lowest BCUT2D eigenvalue weighted by molar-refractivity contribution is 0.171. The molecule has 104 valence electrons. The molecule has 0 radical (unpaired) electrons. The van der Waals surface area contributed by atoms with Crippen LogP contribution in [0.1, 0.15) is 17.9 Å². The first-order valence-electron chi connectivity index (χ1n) is 7.06. The Morgan fingerprint density at radius 2 is 2.11 bits per heavy atom. The maximum Gasteiger partial charge on any atom is 0.161 e. The van der Waals surface area contributed by atoms with Gasteiger partial charge in [-0.05, 0) is 50.2 Å². The van der Waals surface area contributed by atoms with Gasteiger partial charge in [-0.1, -0.05) is 6.07 Å². The highest BCUT2D eigenvalue weighted by Gasteiger charge is 2.28. The zero-order valence-electron chi connectivity index (χ0n) is 11.5. The van der Waals surface area contributed by atoms with Gasteiger partial charge in [-0.2, -0.15) is 0 Å². The highest BCUT2D eigenvalue weighted by atomic mass is 16.6. The van der Waals surface area contributed by atoms with Gasteiger partial charge in [0.15, 0.2) is 11.5 Å². The van der Waals surface area contributed by atoms with E-state index in [4.69, 9.17) is 15.2 Å². The maximum atomic E-state index is 6.02. The highest BCUT2D eigenvalue weighted by molar-refractivity contribution is 5.45. The van der Waals surface area contributed by atoms with Crippen LogP contribution >= 0.6 is 0 Å². The van der Waals surface area contributed by atoms with Crippen LogP contribution in [0.15, 0.2) is 18.2 Å². The van der Waals surface area contributed by atoms with Gasteiger partial charge in [0.1, 0.15) is 13.2 Å². The van der Waals surface area contributed by atoms with Gasteiger partial charge in [-0.25, -0.2) is 0 Å². The highest BCUT2D eigenvalue weighted by Crippen LogP contribution is 2.37. The Balaban J connectivity index is 1.83. The SMILES string of the molecule is CN1CCC(C(CN)c2ccc3c(c2)OCCO3)C1. The molecule has 3 rings (SSSR count). The molecule has 2 atom stereocenters. The fourth-order valence-corrected chi connectivity index (χ4v) is 3.19. The average molecular weight is 262 g/mol. The van der Waals surface area contributed by atoms with E-state index in [0.29, 0.717) is 31.6 Å². The predicted octanol–water partition coefficient (Wildman–Crippen LogP) is 1.45. The third-order valence-electron chi connectivity index (χ3n) is 4.25. The number of nitrogens with zero attached hydrogens (tertiary/aromatic N) is 1. The van der Waals surface area contributed by atoms with E-state index in [0.717, 1.165) is 18.0 Å². The van der Waals surface area contributed by atoms with Gasteiger partial charge in [0.25, 0.3) is 0 Å². The number of fused-ring (bicyclic) bond motifs is 1. The summed E-state index contributed by atoms with van der Waals surface area (Å²) in [5.74, 6) is 2.79. The van der Waals surface area contributed by atoms with E-state index in [1.807, 2.05) is 6.07 Å². The van der Waals surface area contributed by atoms with Gasteiger partial charge in [0.05, 0.1) is 0 Å². The first-order valence-corrected chi connectivity index (χ1v) is 7.06. The van der Waals surface area contributed by atoms with Crippen molar-refractivity contribution in [2.45, 2.75) is 12.3 Å². The number of hydrogen-bond acceptors (Lipinski definition) is 4. The Hall–Kier alpha value is -1.26. The molecule has 0 aromatic heterocycles. The van der Waals surface area contributed by atoms with Crippen molar-refractivity contribution in [3.8, 4) is 11.5 Å². The van der Waals surface area contributed by atoms with Crippen molar-refractivity contribution < 1.29 is 9.47 Å². The molecule has 0 bridgehead atoms. The summed E-state index contributed by atoms with van der Waals surface area (Å²) >= 11 is 0. The Morgan fingerprint density at radius 3 is 2.79 bits per heavy atom. The molecule has 0 saturated carbocycles. The van der Waals surface area contributed by atoms with Crippen molar-refractivity contribution in [2.24, 2.45) is 11.7 Å². The molecule has 19 heavy (non-hydrogen) atoms. The number of nitrogens with two attached hydrogens (primary N) is 1. The fourth-order valence-electron chi connectivity index (χ4n) is 3.19. The largest absolute Gasteiger partial charge is 0.486 e. The van der Waals surface area contributed by atoms with Gasteiger partial charge in [0, 0.05) is 12.5 Å². The summed E-state index contributed by atoms with van der Waals surface area (Å²) < 4.78 is 11.2. The minimum Gasteiger partial charge on any atom is -0.486 e. The van der Waals surface area contributed by atoms with Gasteiger partial charge in [-0.3, -0.25) is 0 Å². The second kappa shape index (κ2) is 5.39. The summed E-state index contributed by atoms with van der Waals surface area (Å²) in [5, 5.41) is 0. The lowest BCUT2D eigenvalue weighted by atomic mass is 9.85. The van der Waals surface area contributed by atoms with Crippen LogP contribution in [0.3, 0.4) is 0 Å². The lowest BCUT2D eigenvalue weighted by Crippen LogP contribution is -2.24. The Labute approximate surface area is 114 Å². The van der Waals surface area contributed by atoms with E-state index in [-0.39, 0.29) is 0 Å². The van der Waals surface area contributed by atoms with Crippen molar-refractivity contribution >= 4 is 0 Å². The van der Waals surface area contributed by atoms with Crippen molar-refractivity contribution in [2.75, 3.05) is 39.9 Å². The Kier molecular flexibility index (Phi) is 3.62. The van der Waals surface area contributed by atoms with Crippen LogP contribution in [0.4, 0.5) is 0 Å². The van der Waals surface area contributed by atoms with Gasteiger partial charge in [0.2, 0.25) is 0 Å². The van der Waals surface area contributed by atoms with E-state index in [2.05, 4.69) is 24.1 Å². The van der Waals surface area contributed by atoms with Crippen LogP contribution in [-0.2, 0) is 0 Å². The molecular weight excluding hydrogens is 240 g/mol. The van der Waals surface area contributed by atoms with Crippen molar-refractivity contribution in [3.05, 3.63) is 23.8 Å². The van der Waals surface area contributed by atoms with Crippen LogP contribution < -0.4 is 15.2 Å². The van der Waals surface area contributed by atoms with Crippen LogP contribution in [0.2, 0.25) is 0 Å². The molecular formula is C15H22N2O2. The van der Waals surface area contributed by atoms with Crippen molar-refractivity contribution in [1.82, 2.24) is 4.90 Å². The van der Waals surface area contributed by atoms with Gasteiger partial charge >= 0.3 is 0 Å². The molecule has 1 fully saturated rings. The smallest absolute Gasteiger partial charge is 0.161 e.